The smallest absolute Gasteiger partial charge is 0.259 e. The standard InChI is InChI=1S/C19H24N4O/c1-12(2)22(11-16-9-14-4-5-15(16)8-14)19(24)17-10-20-23-7-6-13(3)21-18(17)23/h4-7,10,12,14-16H,8-9,11H2,1-3H3. The first-order valence-electron chi connectivity index (χ1n) is 8.83. The molecule has 2 aliphatic carbocycles. The molecule has 5 heteroatoms. The number of allylic oxidation sites excluding steroid dienone is 2. The number of aromatic nitrogens is 3. The summed E-state index contributed by atoms with van der Waals surface area (Å²) in [6, 6.07) is 2.07. The molecule has 0 radical (unpaired) electrons. The SMILES string of the molecule is Cc1ccn2ncc(C(=O)N(CC3CC4C=CC3C4)C(C)C)c2n1. The van der Waals surface area contributed by atoms with Gasteiger partial charge in [-0.1, -0.05) is 12.2 Å². The molecule has 5 nitrogen and oxygen atoms in total. The number of fused-ring (bicyclic) bond motifs is 3. The van der Waals surface area contributed by atoms with E-state index >= 15 is 0 Å². The molecule has 2 heterocycles. The molecular weight excluding hydrogens is 300 g/mol. The highest BCUT2D eigenvalue weighted by atomic mass is 16.2. The lowest BCUT2D eigenvalue weighted by Gasteiger charge is -2.31. The number of nitrogens with zero attached hydrogens (tertiary/aromatic N) is 4. The summed E-state index contributed by atoms with van der Waals surface area (Å²) in [5, 5.41) is 4.29. The van der Waals surface area contributed by atoms with Crippen LogP contribution >= 0.6 is 0 Å². The van der Waals surface area contributed by atoms with E-state index in [0.29, 0.717) is 23.0 Å². The highest BCUT2D eigenvalue weighted by Crippen LogP contribution is 2.43. The first-order chi connectivity index (χ1) is 11.5. The lowest BCUT2D eigenvalue weighted by atomic mass is 9.92. The van der Waals surface area contributed by atoms with Crippen LogP contribution in [0.3, 0.4) is 0 Å². The van der Waals surface area contributed by atoms with Gasteiger partial charge in [-0.15, -0.1) is 0 Å². The van der Waals surface area contributed by atoms with Crippen molar-refractivity contribution in [1.29, 1.82) is 0 Å². The first kappa shape index (κ1) is 15.4. The number of rotatable bonds is 4. The van der Waals surface area contributed by atoms with Crippen LogP contribution in [-0.4, -0.2) is 38.0 Å². The van der Waals surface area contributed by atoms with Crippen molar-refractivity contribution in [2.75, 3.05) is 6.54 Å². The summed E-state index contributed by atoms with van der Waals surface area (Å²) < 4.78 is 1.68. The minimum absolute atomic E-state index is 0.0462. The second kappa shape index (κ2) is 5.72. The molecule has 24 heavy (non-hydrogen) atoms. The van der Waals surface area contributed by atoms with E-state index < -0.39 is 0 Å². The Morgan fingerprint density at radius 1 is 1.38 bits per heavy atom. The molecule has 2 aliphatic rings. The summed E-state index contributed by atoms with van der Waals surface area (Å²) in [4.78, 5) is 19.7. The van der Waals surface area contributed by atoms with E-state index in [4.69, 9.17) is 0 Å². The molecule has 0 N–H and O–H groups in total. The summed E-state index contributed by atoms with van der Waals surface area (Å²) >= 11 is 0. The summed E-state index contributed by atoms with van der Waals surface area (Å²) in [6.07, 6.45) is 10.7. The topological polar surface area (TPSA) is 50.5 Å². The Morgan fingerprint density at radius 2 is 2.21 bits per heavy atom. The van der Waals surface area contributed by atoms with E-state index in [1.807, 2.05) is 24.1 Å². The number of hydrogen-bond acceptors (Lipinski definition) is 3. The van der Waals surface area contributed by atoms with Gasteiger partial charge in [-0.3, -0.25) is 4.79 Å². The molecule has 3 unspecified atom stereocenters. The third-order valence-electron chi connectivity index (χ3n) is 5.47. The molecule has 4 rings (SSSR count). The molecule has 2 bridgehead atoms. The number of carbonyl (C=O) groups excluding carboxylic acids is 1. The van der Waals surface area contributed by atoms with Crippen LogP contribution in [0.1, 0.15) is 42.7 Å². The van der Waals surface area contributed by atoms with Crippen LogP contribution < -0.4 is 0 Å². The Hall–Kier alpha value is -2.17. The zero-order chi connectivity index (χ0) is 16.8. The van der Waals surface area contributed by atoms with E-state index in [0.717, 1.165) is 18.2 Å². The van der Waals surface area contributed by atoms with Crippen molar-refractivity contribution >= 4 is 11.6 Å². The summed E-state index contributed by atoms with van der Waals surface area (Å²) in [5.74, 6) is 2.01. The quantitative estimate of drug-likeness (QED) is 0.812. The van der Waals surface area contributed by atoms with Gasteiger partial charge in [-0.05, 0) is 57.4 Å². The molecule has 0 aromatic carbocycles. The van der Waals surface area contributed by atoms with Crippen LogP contribution in [-0.2, 0) is 0 Å². The fourth-order valence-electron chi connectivity index (χ4n) is 4.15. The van der Waals surface area contributed by atoms with E-state index in [-0.39, 0.29) is 11.9 Å². The Bertz CT molecular complexity index is 807. The van der Waals surface area contributed by atoms with Crippen LogP contribution in [0, 0.1) is 24.7 Å². The third-order valence-corrected chi connectivity index (χ3v) is 5.47. The minimum atomic E-state index is 0.0462. The highest BCUT2D eigenvalue weighted by Gasteiger charge is 2.38. The van der Waals surface area contributed by atoms with E-state index in [1.165, 1.54) is 12.8 Å². The average Bonchev–Trinajstić information content (AvgIpc) is 3.26. The second-order valence-electron chi connectivity index (χ2n) is 7.49. The average molecular weight is 324 g/mol. The van der Waals surface area contributed by atoms with Crippen LogP contribution in [0.25, 0.3) is 5.65 Å². The molecule has 3 atom stereocenters. The molecule has 1 amide bonds. The van der Waals surface area contributed by atoms with Crippen molar-refractivity contribution in [2.45, 2.75) is 39.7 Å². The molecule has 0 aliphatic heterocycles. The van der Waals surface area contributed by atoms with Gasteiger partial charge in [0.2, 0.25) is 0 Å². The van der Waals surface area contributed by atoms with Crippen LogP contribution in [0.5, 0.6) is 0 Å². The summed E-state index contributed by atoms with van der Waals surface area (Å²) in [5.41, 5.74) is 2.15. The molecular formula is C19H24N4O. The zero-order valence-corrected chi connectivity index (χ0v) is 14.5. The Kier molecular flexibility index (Phi) is 3.66. The van der Waals surface area contributed by atoms with Gasteiger partial charge < -0.3 is 4.90 Å². The fraction of sp³-hybridized carbons (Fsp3) is 0.526. The fourth-order valence-corrected chi connectivity index (χ4v) is 4.15. The molecule has 1 saturated carbocycles. The number of amides is 1. The lowest BCUT2D eigenvalue weighted by Crippen LogP contribution is -2.41. The third kappa shape index (κ3) is 2.52. The van der Waals surface area contributed by atoms with Crippen molar-refractivity contribution < 1.29 is 4.79 Å². The molecule has 0 spiro atoms. The molecule has 1 fully saturated rings. The van der Waals surface area contributed by atoms with E-state index in [1.54, 1.807) is 10.7 Å². The maximum atomic E-state index is 13.2. The molecule has 126 valence electrons. The van der Waals surface area contributed by atoms with Crippen molar-refractivity contribution in [3.63, 3.8) is 0 Å². The second-order valence-corrected chi connectivity index (χ2v) is 7.49. The maximum Gasteiger partial charge on any atom is 0.259 e. The molecule has 2 aromatic heterocycles. The normalized spacial score (nSPS) is 25.1. The van der Waals surface area contributed by atoms with Crippen LogP contribution in [0.2, 0.25) is 0 Å². The maximum absolute atomic E-state index is 13.2. The highest BCUT2D eigenvalue weighted by molar-refractivity contribution is 5.99. The van der Waals surface area contributed by atoms with Crippen LogP contribution in [0.4, 0.5) is 0 Å². The Balaban J connectivity index is 1.61. The van der Waals surface area contributed by atoms with Gasteiger partial charge in [0.1, 0.15) is 5.56 Å². The van der Waals surface area contributed by atoms with Crippen molar-refractivity contribution in [3.8, 4) is 0 Å². The van der Waals surface area contributed by atoms with Gasteiger partial charge in [0.25, 0.3) is 5.91 Å². The zero-order valence-electron chi connectivity index (χ0n) is 14.5. The number of carbonyl (C=O) groups is 1. The van der Waals surface area contributed by atoms with Gasteiger partial charge in [0.05, 0.1) is 6.20 Å². The van der Waals surface area contributed by atoms with Gasteiger partial charge in [-0.2, -0.15) is 5.10 Å². The summed E-state index contributed by atoms with van der Waals surface area (Å²) in [7, 11) is 0. The largest absolute Gasteiger partial charge is 0.336 e. The lowest BCUT2D eigenvalue weighted by molar-refractivity contribution is 0.0663. The van der Waals surface area contributed by atoms with Crippen molar-refractivity contribution in [2.24, 2.45) is 17.8 Å². The van der Waals surface area contributed by atoms with Gasteiger partial charge in [0.15, 0.2) is 5.65 Å². The predicted octanol–water partition coefficient (Wildman–Crippen LogP) is 3.10. The van der Waals surface area contributed by atoms with Crippen molar-refractivity contribution in [1.82, 2.24) is 19.5 Å². The monoisotopic (exact) mass is 324 g/mol. The van der Waals surface area contributed by atoms with Crippen LogP contribution in [0.15, 0.2) is 30.6 Å². The van der Waals surface area contributed by atoms with E-state index in [9.17, 15) is 4.79 Å². The molecule has 0 saturated heterocycles. The number of hydrogen-bond donors (Lipinski definition) is 0. The van der Waals surface area contributed by atoms with Gasteiger partial charge >= 0.3 is 0 Å². The number of aryl methyl sites for hydroxylation is 1. The van der Waals surface area contributed by atoms with E-state index in [2.05, 4.69) is 36.1 Å². The van der Waals surface area contributed by atoms with Crippen molar-refractivity contribution in [3.05, 3.63) is 41.9 Å². The first-order valence-corrected chi connectivity index (χ1v) is 8.83. The Labute approximate surface area is 142 Å². The van der Waals surface area contributed by atoms with Gasteiger partial charge in [0, 0.05) is 24.5 Å². The molecule has 2 aromatic rings. The predicted molar refractivity (Wildman–Crippen MR) is 92.7 cm³/mol. The summed E-state index contributed by atoms with van der Waals surface area (Å²) in [6.45, 7) is 6.94. The van der Waals surface area contributed by atoms with Gasteiger partial charge in [-0.25, -0.2) is 9.50 Å². The minimum Gasteiger partial charge on any atom is -0.336 e. The Morgan fingerprint density at radius 3 is 2.88 bits per heavy atom.